The maximum Gasteiger partial charge on any atom is 0.0150 e. The Hall–Kier alpha value is 0.0300. The largest absolute Gasteiger partial charge is 0.0895 e. The van der Waals surface area contributed by atoms with Gasteiger partial charge < -0.3 is 0 Å². The van der Waals surface area contributed by atoms with E-state index in [1.54, 1.807) is 0 Å². The van der Waals surface area contributed by atoms with Crippen LogP contribution in [0.2, 0.25) is 0 Å². The second kappa shape index (κ2) is 2.10. The molecular formula is C7H11Cl. The van der Waals surface area contributed by atoms with Crippen LogP contribution in [0.25, 0.3) is 0 Å². The van der Waals surface area contributed by atoms with E-state index in [1.807, 2.05) is 0 Å². The monoisotopic (exact) mass is 130 g/mol. The summed E-state index contributed by atoms with van der Waals surface area (Å²) < 4.78 is 0. The van der Waals surface area contributed by atoms with E-state index in [0.717, 1.165) is 23.3 Å². The minimum atomic E-state index is 0.766. The molecule has 0 bridgehead atoms. The standard InChI is InChI=1S/C7H11Cl/c1-5(2)6-3-7(8)4-6/h3,5-6H,4H2,1-2H3. The van der Waals surface area contributed by atoms with Gasteiger partial charge in [-0.2, -0.15) is 0 Å². The molecule has 8 heavy (non-hydrogen) atoms. The van der Waals surface area contributed by atoms with Crippen LogP contribution in [0.4, 0.5) is 0 Å². The van der Waals surface area contributed by atoms with Crippen LogP contribution in [0.1, 0.15) is 20.3 Å². The Morgan fingerprint density at radius 1 is 1.75 bits per heavy atom. The van der Waals surface area contributed by atoms with Gasteiger partial charge in [0, 0.05) is 5.03 Å². The smallest absolute Gasteiger partial charge is 0.0150 e. The van der Waals surface area contributed by atoms with Crippen molar-refractivity contribution in [2.24, 2.45) is 11.8 Å². The molecular weight excluding hydrogens is 120 g/mol. The molecule has 1 aliphatic rings. The Kier molecular flexibility index (Phi) is 1.62. The van der Waals surface area contributed by atoms with Crippen LogP contribution in [-0.4, -0.2) is 0 Å². The van der Waals surface area contributed by atoms with Crippen molar-refractivity contribution < 1.29 is 0 Å². The highest BCUT2D eigenvalue weighted by atomic mass is 35.5. The van der Waals surface area contributed by atoms with Crippen molar-refractivity contribution in [1.82, 2.24) is 0 Å². The minimum Gasteiger partial charge on any atom is -0.0895 e. The molecule has 0 aromatic rings. The van der Waals surface area contributed by atoms with E-state index in [2.05, 4.69) is 19.9 Å². The minimum absolute atomic E-state index is 0.766. The van der Waals surface area contributed by atoms with Gasteiger partial charge in [0.1, 0.15) is 0 Å². The fraction of sp³-hybridized carbons (Fsp3) is 0.714. The molecule has 0 fully saturated rings. The predicted molar refractivity (Wildman–Crippen MR) is 36.9 cm³/mol. The third-order valence-electron chi connectivity index (χ3n) is 1.68. The van der Waals surface area contributed by atoms with Crippen LogP contribution in [-0.2, 0) is 0 Å². The quantitative estimate of drug-likeness (QED) is 0.512. The molecule has 0 aliphatic heterocycles. The fourth-order valence-corrected chi connectivity index (χ4v) is 1.19. The molecule has 0 spiro atoms. The molecule has 46 valence electrons. The second-order valence-electron chi connectivity index (χ2n) is 2.73. The Morgan fingerprint density at radius 2 is 2.25 bits per heavy atom. The van der Waals surface area contributed by atoms with Crippen LogP contribution in [0.5, 0.6) is 0 Å². The first-order valence-corrected chi connectivity index (χ1v) is 3.44. The fourth-order valence-electron chi connectivity index (χ4n) is 0.852. The van der Waals surface area contributed by atoms with E-state index in [9.17, 15) is 0 Å². The molecule has 1 atom stereocenters. The normalized spacial score (nSPS) is 27.5. The summed E-state index contributed by atoms with van der Waals surface area (Å²) in [6, 6.07) is 0. The molecule has 0 aromatic heterocycles. The summed E-state index contributed by atoms with van der Waals surface area (Å²) in [6.07, 6.45) is 3.26. The molecule has 0 nitrogen and oxygen atoms in total. The summed E-state index contributed by atoms with van der Waals surface area (Å²) in [5.74, 6) is 1.54. The first kappa shape index (κ1) is 6.15. The number of rotatable bonds is 1. The maximum atomic E-state index is 5.65. The zero-order valence-corrected chi connectivity index (χ0v) is 6.07. The van der Waals surface area contributed by atoms with Crippen molar-refractivity contribution in [3.05, 3.63) is 11.1 Å². The van der Waals surface area contributed by atoms with Crippen LogP contribution in [0.3, 0.4) is 0 Å². The van der Waals surface area contributed by atoms with E-state index < -0.39 is 0 Å². The average molecular weight is 131 g/mol. The lowest BCUT2D eigenvalue weighted by Gasteiger charge is -2.24. The third-order valence-corrected chi connectivity index (χ3v) is 1.96. The van der Waals surface area contributed by atoms with Crippen molar-refractivity contribution >= 4 is 11.6 Å². The van der Waals surface area contributed by atoms with Crippen molar-refractivity contribution in [3.63, 3.8) is 0 Å². The van der Waals surface area contributed by atoms with Gasteiger partial charge in [-0.15, -0.1) is 0 Å². The van der Waals surface area contributed by atoms with Gasteiger partial charge in [-0.25, -0.2) is 0 Å². The second-order valence-corrected chi connectivity index (χ2v) is 3.21. The van der Waals surface area contributed by atoms with E-state index in [-0.39, 0.29) is 0 Å². The molecule has 0 amide bonds. The van der Waals surface area contributed by atoms with Crippen molar-refractivity contribution in [3.8, 4) is 0 Å². The summed E-state index contributed by atoms with van der Waals surface area (Å²) >= 11 is 5.65. The molecule has 1 rings (SSSR count). The molecule has 0 saturated heterocycles. The van der Waals surface area contributed by atoms with Crippen LogP contribution in [0, 0.1) is 11.8 Å². The molecule has 0 aromatic carbocycles. The lowest BCUT2D eigenvalue weighted by atomic mass is 9.85. The first-order chi connectivity index (χ1) is 3.70. The molecule has 1 aliphatic carbocycles. The summed E-state index contributed by atoms with van der Waals surface area (Å²) in [7, 11) is 0. The van der Waals surface area contributed by atoms with E-state index in [4.69, 9.17) is 11.6 Å². The van der Waals surface area contributed by atoms with E-state index in [1.165, 1.54) is 0 Å². The Balaban J connectivity index is 2.36. The lowest BCUT2D eigenvalue weighted by Crippen LogP contribution is -2.13. The van der Waals surface area contributed by atoms with Crippen molar-refractivity contribution in [2.75, 3.05) is 0 Å². The SMILES string of the molecule is CC(C)C1C=C(Cl)C1. The predicted octanol–water partition coefficient (Wildman–Crippen LogP) is 2.79. The number of hydrogen-bond acceptors (Lipinski definition) is 0. The molecule has 1 heteroatoms. The highest BCUT2D eigenvalue weighted by molar-refractivity contribution is 6.30. The Labute approximate surface area is 55.5 Å². The van der Waals surface area contributed by atoms with Crippen LogP contribution in [0.15, 0.2) is 11.1 Å². The molecule has 0 N–H and O–H groups in total. The van der Waals surface area contributed by atoms with Crippen LogP contribution >= 0.6 is 11.6 Å². The highest BCUT2D eigenvalue weighted by Crippen LogP contribution is 2.33. The Bertz CT molecular complexity index is 114. The summed E-state index contributed by atoms with van der Waals surface area (Å²) in [5.41, 5.74) is 0. The number of allylic oxidation sites excluding steroid dienone is 2. The van der Waals surface area contributed by atoms with E-state index in [0.29, 0.717) is 0 Å². The van der Waals surface area contributed by atoms with Crippen molar-refractivity contribution in [2.45, 2.75) is 20.3 Å². The third kappa shape index (κ3) is 1.05. The summed E-state index contributed by atoms with van der Waals surface area (Å²) in [6.45, 7) is 4.45. The van der Waals surface area contributed by atoms with Gasteiger partial charge >= 0.3 is 0 Å². The summed E-state index contributed by atoms with van der Waals surface area (Å²) in [5, 5.41) is 1.05. The van der Waals surface area contributed by atoms with Gasteiger partial charge in [-0.3, -0.25) is 0 Å². The van der Waals surface area contributed by atoms with Gasteiger partial charge in [0.05, 0.1) is 0 Å². The van der Waals surface area contributed by atoms with Gasteiger partial charge in [-0.05, 0) is 18.3 Å². The van der Waals surface area contributed by atoms with Gasteiger partial charge in [0.25, 0.3) is 0 Å². The number of halogens is 1. The zero-order chi connectivity index (χ0) is 6.15. The zero-order valence-electron chi connectivity index (χ0n) is 5.32. The molecule has 0 saturated carbocycles. The first-order valence-electron chi connectivity index (χ1n) is 3.06. The maximum absolute atomic E-state index is 5.65. The van der Waals surface area contributed by atoms with Gasteiger partial charge in [0.15, 0.2) is 0 Å². The Morgan fingerprint density at radius 3 is 2.38 bits per heavy atom. The lowest BCUT2D eigenvalue weighted by molar-refractivity contribution is 0.434. The van der Waals surface area contributed by atoms with Crippen LogP contribution < -0.4 is 0 Å². The highest BCUT2D eigenvalue weighted by Gasteiger charge is 2.19. The molecule has 1 unspecified atom stereocenters. The van der Waals surface area contributed by atoms with Gasteiger partial charge in [-0.1, -0.05) is 31.5 Å². The molecule has 0 radical (unpaired) electrons. The van der Waals surface area contributed by atoms with Crippen molar-refractivity contribution in [1.29, 1.82) is 0 Å². The molecule has 0 heterocycles. The average Bonchev–Trinajstić information content (AvgIpc) is 1.57. The topological polar surface area (TPSA) is 0 Å². The summed E-state index contributed by atoms with van der Waals surface area (Å²) in [4.78, 5) is 0. The van der Waals surface area contributed by atoms with E-state index >= 15 is 0 Å². The number of hydrogen-bond donors (Lipinski definition) is 0. The van der Waals surface area contributed by atoms with Gasteiger partial charge in [0.2, 0.25) is 0 Å².